The Morgan fingerprint density at radius 1 is 0.560 bits per heavy atom. The molecule has 0 aromatic rings. The summed E-state index contributed by atoms with van der Waals surface area (Å²) >= 11 is 0. The third kappa shape index (κ3) is 11.0. The Labute approximate surface area is 154 Å². The molecule has 0 amide bonds. The lowest BCUT2D eigenvalue weighted by molar-refractivity contribution is -0.139. The summed E-state index contributed by atoms with van der Waals surface area (Å²) in [5, 5.41) is 0. The van der Waals surface area contributed by atoms with E-state index >= 15 is 0 Å². The molecule has 0 aliphatic rings. The van der Waals surface area contributed by atoms with Crippen LogP contribution in [0.2, 0.25) is 0 Å². The molecule has 0 radical (unpaired) electrons. The summed E-state index contributed by atoms with van der Waals surface area (Å²) in [7, 11) is 2.74. The van der Waals surface area contributed by atoms with E-state index in [1.54, 1.807) is 0 Å². The van der Waals surface area contributed by atoms with Crippen molar-refractivity contribution in [1.29, 1.82) is 0 Å². The fourth-order valence-corrected chi connectivity index (χ4v) is 2.99. The van der Waals surface area contributed by atoms with Crippen LogP contribution in [-0.4, -0.2) is 26.2 Å². The van der Waals surface area contributed by atoms with Gasteiger partial charge in [-0.2, -0.15) is 0 Å². The highest BCUT2D eigenvalue weighted by Gasteiger charge is 2.21. The van der Waals surface area contributed by atoms with Gasteiger partial charge in [-0.25, -0.2) is 9.59 Å². The molecule has 4 nitrogen and oxygen atoms in total. The van der Waals surface area contributed by atoms with E-state index in [0.29, 0.717) is 24.0 Å². The number of hydrogen-bond donors (Lipinski definition) is 0. The average Bonchev–Trinajstić information content (AvgIpc) is 2.63. The van der Waals surface area contributed by atoms with Crippen molar-refractivity contribution in [3.8, 4) is 0 Å². The second-order valence-electron chi connectivity index (χ2n) is 6.62. The van der Waals surface area contributed by atoms with Crippen LogP contribution in [0.25, 0.3) is 0 Å². The maximum atomic E-state index is 12.2. The fourth-order valence-electron chi connectivity index (χ4n) is 2.99. The van der Waals surface area contributed by atoms with Crippen LogP contribution in [0.1, 0.15) is 97.3 Å². The molecular formula is C21H38O4. The molecule has 0 aliphatic carbocycles. The summed E-state index contributed by atoms with van der Waals surface area (Å²) < 4.78 is 9.81. The first-order valence-corrected chi connectivity index (χ1v) is 10.0. The Bertz CT molecular complexity index is 399. The molecule has 0 aromatic carbocycles. The molecule has 0 fully saturated rings. The van der Waals surface area contributed by atoms with Crippen LogP contribution in [0.15, 0.2) is 11.1 Å². The van der Waals surface area contributed by atoms with E-state index in [9.17, 15) is 9.59 Å². The Hall–Kier alpha value is -1.32. The van der Waals surface area contributed by atoms with Gasteiger partial charge < -0.3 is 9.47 Å². The van der Waals surface area contributed by atoms with Gasteiger partial charge >= 0.3 is 11.9 Å². The van der Waals surface area contributed by atoms with Crippen molar-refractivity contribution >= 4 is 11.9 Å². The molecule has 0 saturated heterocycles. The van der Waals surface area contributed by atoms with Gasteiger partial charge in [0.2, 0.25) is 0 Å². The van der Waals surface area contributed by atoms with Crippen LogP contribution < -0.4 is 0 Å². The standard InChI is InChI=1S/C21H38O4/c1-5-7-9-10-11-12-13-15-17-19(21(23)25-4)18(20(22)24-3)16-14-8-6-2/h5-17H2,1-4H3/b19-18-. The highest BCUT2D eigenvalue weighted by Crippen LogP contribution is 2.22. The van der Waals surface area contributed by atoms with Crippen LogP contribution in [0, 0.1) is 0 Å². The van der Waals surface area contributed by atoms with Gasteiger partial charge in [0.25, 0.3) is 0 Å². The number of ether oxygens (including phenoxy) is 2. The van der Waals surface area contributed by atoms with E-state index in [2.05, 4.69) is 13.8 Å². The summed E-state index contributed by atoms with van der Waals surface area (Å²) in [5.41, 5.74) is 1.02. The zero-order chi connectivity index (χ0) is 18.9. The van der Waals surface area contributed by atoms with Crippen LogP contribution in [0.3, 0.4) is 0 Å². The summed E-state index contributed by atoms with van der Waals surface area (Å²) in [6.07, 6.45) is 13.8. The van der Waals surface area contributed by atoms with Crippen molar-refractivity contribution in [3.05, 3.63) is 11.1 Å². The van der Waals surface area contributed by atoms with Crippen molar-refractivity contribution in [2.75, 3.05) is 14.2 Å². The summed E-state index contributed by atoms with van der Waals surface area (Å²) in [6.45, 7) is 4.34. The van der Waals surface area contributed by atoms with E-state index in [0.717, 1.165) is 32.1 Å². The summed E-state index contributed by atoms with van der Waals surface area (Å²) in [6, 6.07) is 0. The van der Waals surface area contributed by atoms with Gasteiger partial charge in [-0.05, 0) is 25.7 Å². The zero-order valence-electron chi connectivity index (χ0n) is 16.8. The number of rotatable bonds is 15. The van der Waals surface area contributed by atoms with E-state index < -0.39 is 5.97 Å². The van der Waals surface area contributed by atoms with Gasteiger partial charge in [-0.3, -0.25) is 0 Å². The highest BCUT2D eigenvalue weighted by molar-refractivity contribution is 6.00. The molecule has 0 N–H and O–H groups in total. The maximum Gasteiger partial charge on any atom is 0.334 e. The highest BCUT2D eigenvalue weighted by atomic mass is 16.5. The van der Waals surface area contributed by atoms with Crippen LogP contribution in [-0.2, 0) is 19.1 Å². The largest absolute Gasteiger partial charge is 0.466 e. The van der Waals surface area contributed by atoms with Gasteiger partial charge in [-0.15, -0.1) is 0 Å². The van der Waals surface area contributed by atoms with Gasteiger partial charge in [-0.1, -0.05) is 71.6 Å². The minimum atomic E-state index is -0.393. The number of hydrogen-bond acceptors (Lipinski definition) is 4. The Kier molecular flexibility index (Phi) is 15.3. The lowest BCUT2D eigenvalue weighted by atomic mass is 9.96. The lowest BCUT2D eigenvalue weighted by Gasteiger charge is -2.12. The molecule has 0 heterocycles. The van der Waals surface area contributed by atoms with Crippen molar-refractivity contribution in [2.24, 2.45) is 0 Å². The number of carbonyl (C=O) groups is 2. The molecule has 25 heavy (non-hydrogen) atoms. The first-order valence-electron chi connectivity index (χ1n) is 10.0. The number of esters is 2. The molecule has 0 saturated carbocycles. The normalized spacial score (nSPS) is 11.8. The van der Waals surface area contributed by atoms with Crippen molar-refractivity contribution in [1.82, 2.24) is 0 Å². The molecule has 0 aromatic heterocycles. The third-order valence-corrected chi connectivity index (χ3v) is 4.54. The minimum absolute atomic E-state index is 0.389. The predicted molar refractivity (Wildman–Crippen MR) is 102 cm³/mol. The quantitative estimate of drug-likeness (QED) is 0.214. The third-order valence-electron chi connectivity index (χ3n) is 4.54. The van der Waals surface area contributed by atoms with Gasteiger partial charge in [0.05, 0.1) is 14.2 Å². The average molecular weight is 355 g/mol. The van der Waals surface area contributed by atoms with Crippen LogP contribution in [0.5, 0.6) is 0 Å². The Morgan fingerprint density at radius 3 is 1.28 bits per heavy atom. The second-order valence-corrected chi connectivity index (χ2v) is 6.62. The molecule has 0 atom stereocenters. The fraction of sp³-hybridized carbons (Fsp3) is 0.810. The molecule has 146 valence electrons. The minimum Gasteiger partial charge on any atom is -0.466 e. The number of methoxy groups -OCH3 is 2. The second kappa shape index (κ2) is 16.2. The van der Waals surface area contributed by atoms with Crippen molar-refractivity contribution < 1.29 is 19.1 Å². The molecule has 0 rings (SSSR count). The van der Waals surface area contributed by atoms with E-state index in [-0.39, 0.29) is 5.97 Å². The predicted octanol–water partition coefficient (Wildman–Crippen LogP) is 5.74. The smallest absolute Gasteiger partial charge is 0.334 e. The molecular weight excluding hydrogens is 316 g/mol. The number of unbranched alkanes of at least 4 members (excludes halogenated alkanes) is 9. The summed E-state index contributed by atoms with van der Waals surface area (Å²) in [4.78, 5) is 24.3. The first kappa shape index (κ1) is 23.7. The van der Waals surface area contributed by atoms with Crippen molar-refractivity contribution in [2.45, 2.75) is 97.3 Å². The molecule has 4 heteroatoms. The van der Waals surface area contributed by atoms with Gasteiger partial charge in [0, 0.05) is 11.1 Å². The van der Waals surface area contributed by atoms with Crippen LogP contribution in [0.4, 0.5) is 0 Å². The van der Waals surface area contributed by atoms with E-state index in [1.807, 2.05) is 0 Å². The lowest BCUT2D eigenvalue weighted by Crippen LogP contribution is -2.15. The maximum absolute atomic E-state index is 12.2. The monoisotopic (exact) mass is 354 g/mol. The Balaban J connectivity index is 4.65. The van der Waals surface area contributed by atoms with E-state index in [4.69, 9.17) is 9.47 Å². The summed E-state index contributed by atoms with van der Waals surface area (Å²) in [5.74, 6) is -0.782. The molecule has 0 spiro atoms. The zero-order valence-corrected chi connectivity index (χ0v) is 16.8. The van der Waals surface area contributed by atoms with E-state index in [1.165, 1.54) is 52.7 Å². The molecule has 0 unspecified atom stereocenters. The Morgan fingerprint density at radius 2 is 0.880 bits per heavy atom. The molecule has 0 bridgehead atoms. The topological polar surface area (TPSA) is 52.6 Å². The van der Waals surface area contributed by atoms with Gasteiger partial charge in [0.15, 0.2) is 0 Å². The number of carbonyl (C=O) groups excluding carboxylic acids is 2. The van der Waals surface area contributed by atoms with Crippen molar-refractivity contribution in [3.63, 3.8) is 0 Å². The molecule has 0 aliphatic heterocycles. The SMILES string of the molecule is CCCCCCCCCC/C(C(=O)OC)=C(\CCCCC)C(=O)OC. The van der Waals surface area contributed by atoms with Crippen LogP contribution >= 0.6 is 0 Å². The van der Waals surface area contributed by atoms with Gasteiger partial charge in [0.1, 0.15) is 0 Å². The first-order chi connectivity index (χ1) is 12.1.